The molecule has 0 radical (unpaired) electrons. The summed E-state index contributed by atoms with van der Waals surface area (Å²) < 4.78 is 0.674. The lowest BCUT2D eigenvalue weighted by atomic mass is 9.91. The Morgan fingerprint density at radius 1 is 1.07 bits per heavy atom. The fourth-order valence-corrected chi connectivity index (χ4v) is 1.59. The number of benzene rings is 1. The van der Waals surface area contributed by atoms with Gasteiger partial charge in [0.1, 0.15) is 11.6 Å². The van der Waals surface area contributed by atoms with Crippen LogP contribution in [0.4, 0.5) is 0 Å². The molecule has 0 spiro atoms. The average Bonchev–Trinajstić information content (AvgIpc) is 2.19. The van der Waals surface area contributed by atoms with Crippen LogP contribution in [0, 0.1) is 12.0 Å². The first-order valence-electron chi connectivity index (χ1n) is 5.25. The second-order valence-electron chi connectivity index (χ2n) is 4.74. The highest BCUT2D eigenvalue weighted by atomic mass is 15.3. The van der Waals surface area contributed by atoms with E-state index in [-0.39, 0.29) is 5.54 Å². The molecule has 1 heteroatoms. The molecular weight excluding hydrogens is 182 g/mol. The second kappa shape index (κ2) is 4.08. The van der Waals surface area contributed by atoms with E-state index >= 15 is 0 Å². The van der Waals surface area contributed by atoms with Crippen molar-refractivity contribution in [3.05, 3.63) is 35.9 Å². The van der Waals surface area contributed by atoms with Crippen molar-refractivity contribution in [2.24, 2.45) is 0 Å². The summed E-state index contributed by atoms with van der Waals surface area (Å²) in [6.07, 6.45) is 0. The van der Waals surface area contributed by atoms with Crippen LogP contribution in [0.3, 0.4) is 0 Å². The first kappa shape index (κ1) is 11.8. The molecule has 0 bridgehead atoms. The van der Waals surface area contributed by atoms with Crippen LogP contribution in [0.15, 0.2) is 30.3 Å². The van der Waals surface area contributed by atoms with Gasteiger partial charge in [-0.2, -0.15) is 0 Å². The van der Waals surface area contributed by atoms with Gasteiger partial charge in [-0.05, 0) is 19.8 Å². The fourth-order valence-electron chi connectivity index (χ4n) is 1.59. The lowest BCUT2D eigenvalue weighted by molar-refractivity contribution is -0.883. The van der Waals surface area contributed by atoms with Gasteiger partial charge in [-0.1, -0.05) is 30.3 Å². The average molecular weight is 202 g/mol. The summed E-state index contributed by atoms with van der Waals surface area (Å²) in [6, 6.07) is 13.8. The van der Waals surface area contributed by atoms with Crippen LogP contribution in [0.25, 0.3) is 0 Å². The molecule has 0 aliphatic heterocycles. The predicted octanol–water partition coefficient (Wildman–Crippen LogP) is 2.98. The molecule has 0 aliphatic carbocycles. The van der Waals surface area contributed by atoms with Crippen molar-refractivity contribution in [2.45, 2.75) is 26.3 Å². The molecule has 1 aromatic rings. The summed E-state index contributed by atoms with van der Waals surface area (Å²) in [5.74, 6) is 3.01. The van der Waals surface area contributed by atoms with Crippen molar-refractivity contribution in [3.63, 3.8) is 0 Å². The molecule has 0 N–H and O–H groups in total. The van der Waals surface area contributed by atoms with Crippen LogP contribution < -0.4 is 0 Å². The number of rotatable bonds is 2. The van der Waals surface area contributed by atoms with Gasteiger partial charge in [0.05, 0.1) is 14.1 Å². The van der Waals surface area contributed by atoms with E-state index in [1.807, 2.05) is 13.0 Å². The molecule has 80 valence electrons. The third-order valence-electron chi connectivity index (χ3n) is 3.27. The Morgan fingerprint density at radius 3 is 2.07 bits per heavy atom. The van der Waals surface area contributed by atoms with E-state index < -0.39 is 0 Å². The molecule has 0 unspecified atom stereocenters. The van der Waals surface area contributed by atoms with Crippen molar-refractivity contribution in [1.29, 1.82) is 0 Å². The van der Waals surface area contributed by atoms with Gasteiger partial charge in [-0.25, -0.2) is 4.48 Å². The molecule has 0 aliphatic rings. The van der Waals surface area contributed by atoms with Crippen LogP contribution in [-0.2, 0) is 5.54 Å². The third-order valence-corrected chi connectivity index (χ3v) is 3.27. The van der Waals surface area contributed by atoms with Gasteiger partial charge in [0.15, 0.2) is 0 Å². The van der Waals surface area contributed by atoms with Gasteiger partial charge in [-0.15, -0.1) is 0 Å². The maximum absolute atomic E-state index is 3.25. The molecule has 0 atom stereocenters. The highest BCUT2D eigenvalue weighted by Crippen LogP contribution is 2.30. The van der Waals surface area contributed by atoms with E-state index in [1.54, 1.807) is 0 Å². The molecule has 1 aromatic carbocycles. The molecule has 0 fully saturated rings. The SMILES string of the molecule is CC#C[N+](C)(C)C(C)(C)c1ccccc1. The number of hydrogen-bond donors (Lipinski definition) is 0. The second-order valence-corrected chi connectivity index (χ2v) is 4.74. The largest absolute Gasteiger partial charge is 0.243 e. The first-order valence-corrected chi connectivity index (χ1v) is 5.25. The van der Waals surface area contributed by atoms with E-state index in [0.717, 1.165) is 0 Å². The molecule has 0 saturated carbocycles. The normalized spacial score (nSPS) is 11.8. The minimum Gasteiger partial charge on any atom is -0.243 e. The van der Waals surface area contributed by atoms with Crippen LogP contribution in [0.2, 0.25) is 0 Å². The van der Waals surface area contributed by atoms with Crippen molar-refractivity contribution < 1.29 is 4.48 Å². The lowest BCUT2D eigenvalue weighted by Gasteiger charge is -2.39. The zero-order chi connectivity index (χ0) is 11.5. The number of nitrogens with zero attached hydrogens (tertiary/aromatic N) is 1. The standard InChI is InChI=1S/C14H20N/c1-6-12-15(4,5)14(2,3)13-10-8-7-9-11-13/h7-11H,1-5H3/q+1. The summed E-state index contributed by atoms with van der Waals surface area (Å²) in [6.45, 7) is 6.35. The van der Waals surface area contributed by atoms with E-state index in [9.17, 15) is 0 Å². The Bertz CT molecular complexity index is 377. The zero-order valence-corrected chi connectivity index (χ0v) is 10.3. The highest BCUT2D eigenvalue weighted by molar-refractivity contribution is 5.21. The van der Waals surface area contributed by atoms with E-state index in [0.29, 0.717) is 4.48 Å². The van der Waals surface area contributed by atoms with Crippen molar-refractivity contribution in [3.8, 4) is 12.0 Å². The minimum atomic E-state index is 0.00424. The smallest absolute Gasteiger partial charge is 0.137 e. The Morgan fingerprint density at radius 2 is 1.60 bits per heavy atom. The number of hydrogen-bond acceptors (Lipinski definition) is 0. The topological polar surface area (TPSA) is 0 Å². The third kappa shape index (κ3) is 2.22. The van der Waals surface area contributed by atoms with Gasteiger partial charge >= 0.3 is 0 Å². The molecule has 0 heterocycles. The maximum Gasteiger partial charge on any atom is 0.137 e. The fraction of sp³-hybridized carbons (Fsp3) is 0.429. The summed E-state index contributed by atoms with van der Waals surface area (Å²) in [5, 5.41) is 0. The summed E-state index contributed by atoms with van der Waals surface area (Å²) in [7, 11) is 4.28. The van der Waals surface area contributed by atoms with Crippen molar-refractivity contribution >= 4 is 0 Å². The summed E-state index contributed by atoms with van der Waals surface area (Å²) in [5.41, 5.74) is 1.32. The highest BCUT2D eigenvalue weighted by Gasteiger charge is 2.37. The van der Waals surface area contributed by atoms with Crippen LogP contribution in [0.5, 0.6) is 0 Å². The Kier molecular flexibility index (Phi) is 3.21. The van der Waals surface area contributed by atoms with Gasteiger partial charge in [-0.3, -0.25) is 0 Å². The number of quaternary nitrogens is 1. The van der Waals surface area contributed by atoms with Gasteiger partial charge < -0.3 is 0 Å². The lowest BCUT2D eigenvalue weighted by Crippen LogP contribution is -2.50. The molecule has 0 saturated heterocycles. The Hall–Kier alpha value is -1.26. The van der Waals surface area contributed by atoms with Crippen LogP contribution >= 0.6 is 0 Å². The molecule has 1 nitrogen and oxygen atoms in total. The quantitative estimate of drug-likeness (QED) is 0.511. The molecule has 1 rings (SSSR count). The van der Waals surface area contributed by atoms with E-state index in [4.69, 9.17) is 0 Å². The van der Waals surface area contributed by atoms with Gasteiger partial charge in [0, 0.05) is 12.5 Å². The molecule has 15 heavy (non-hydrogen) atoms. The van der Waals surface area contributed by atoms with Gasteiger partial charge in [0.2, 0.25) is 0 Å². The molecule has 0 aromatic heterocycles. The maximum atomic E-state index is 3.25. The van der Waals surface area contributed by atoms with Crippen LogP contribution in [-0.4, -0.2) is 18.6 Å². The van der Waals surface area contributed by atoms with Crippen molar-refractivity contribution in [2.75, 3.05) is 14.1 Å². The van der Waals surface area contributed by atoms with Gasteiger partial charge in [0.25, 0.3) is 0 Å². The summed E-state index contributed by atoms with van der Waals surface area (Å²) in [4.78, 5) is 0. The zero-order valence-electron chi connectivity index (χ0n) is 10.3. The first-order chi connectivity index (χ1) is 6.92. The van der Waals surface area contributed by atoms with E-state index in [2.05, 4.69) is 64.2 Å². The Labute approximate surface area is 93.3 Å². The molecular formula is C14H20N+. The minimum absolute atomic E-state index is 0.00424. The Balaban J connectivity index is 3.16. The predicted molar refractivity (Wildman–Crippen MR) is 65.0 cm³/mol. The molecule has 0 amide bonds. The van der Waals surface area contributed by atoms with E-state index in [1.165, 1.54) is 5.56 Å². The van der Waals surface area contributed by atoms with Crippen molar-refractivity contribution in [1.82, 2.24) is 0 Å². The van der Waals surface area contributed by atoms with Crippen LogP contribution in [0.1, 0.15) is 26.3 Å². The summed E-state index contributed by atoms with van der Waals surface area (Å²) >= 11 is 0. The monoisotopic (exact) mass is 202 g/mol.